The molecule has 0 saturated heterocycles. The van der Waals surface area contributed by atoms with Gasteiger partial charge in [-0.1, -0.05) is 24.3 Å². The average molecular weight is 320 g/mol. The number of rotatable bonds is 3. The van der Waals surface area contributed by atoms with Gasteiger partial charge in [0.05, 0.1) is 12.3 Å². The molecule has 0 N–H and O–H groups in total. The zero-order chi connectivity index (χ0) is 16.1. The third-order valence-corrected chi connectivity index (χ3v) is 6.87. The summed E-state index contributed by atoms with van der Waals surface area (Å²) in [4.78, 5) is 10.9. The van der Waals surface area contributed by atoms with Gasteiger partial charge in [-0.05, 0) is 78.9 Å². The summed E-state index contributed by atoms with van der Waals surface area (Å²) in [6.45, 7) is 0. The minimum absolute atomic E-state index is 0.281. The largest absolute Gasteiger partial charge is 0.299 e. The van der Waals surface area contributed by atoms with Crippen LogP contribution in [-0.4, -0.2) is 17.5 Å². The van der Waals surface area contributed by atoms with E-state index < -0.39 is 0 Å². The van der Waals surface area contributed by atoms with Gasteiger partial charge in [0.25, 0.3) is 0 Å². The quantitative estimate of drug-likeness (QED) is 0.614. The van der Waals surface area contributed by atoms with E-state index in [0.29, 0.717) is 5.41 Å². The molecule has 1 atom stereocenters. The molecule has 1 unspecified atom stereocenters. The third kappa shape index (κ3) is 2.10. The molecule has 0 radical (unpaired) electrons. The lowest BCUT2D eigenvalue weighted by atomic mass is 9.47. The number of hydrazone groups is 1. The van der Waals surface area contributed by atoms with E-state index in [2.05, 4.69) is 29.3 Å². The van der Waals surface area contributed by atoms with E-state index >= 15 is 0 Å². The van der Waals surface area contributed by atoms with Crippen molar-refractivity contribution in [1.82, 2.24) is 5.01 Å². The Morgan fingerprint density at radius 2 is 1.71 bits per heavy atom. The molecule has 3 nitrogen and oxygen atoms in total. The Kier molecular flexibility index (Phi) is 3.19. The lowest BCUT2D eigenvalue weighted by Gasteiger charge is -2.60. The van der Waals surface area contributed by atoms with Gasteiger partial charge in [-0.25, -0.2) is 0 Å². The summed E-state index contributed by atoms with van der Waals surface area (Å²) in [7, 11) is 0. The van der Waals surface area contributed by atoms with E-state index in [9.17, 15) is 4.79 Å². The maximum atomic E-state index is 10.9. The van der Waals surface area contributed by atoms with Crippen molar-refractivity contribution in [3.63, 3.8) is 0 Å². The first kappa shape index (κ1) is 14.4. The fraction of sp³-hybridized carbons (Fsp3) is 0.524. The number of hydrogen-bond acceptors (Lipinski definition) is 3. The summed E-state index contributed by atoms with van der Waals surface area (Å²) in [6, 6.07) is 8.97. The van der Waals surface area contributed by atoms with Crippen LogP contribution in [0.25, 0.3) is 0 Å². The van der Waals surface area contributed by atoms with Crippen LogP contribution < -0.4 is 0 Å². The van der Waals surface area contributed by atoms with Gasteiger partial charge in [0.1, 0.15) is 6.29 Å². The van der Waals surface area contributed by atoms with Gasteiger partial charge < -0.3 is 0 Å². The maximum Gasteiger partial charge on any atom is 0.144 e. The van der Waals surface area contributed by atoms with Crippen LogP contribution in [0, 0.1) is 23.2 Å². The van der Waals surface area contributed by atoms with Gasteiger partial charge in [0, 0.05) is 6.20 Å². The van der Waals surface area contributed by atoms with Crippen LogP contribution >= 0.6 is 0 Å². The second kappa shape index (κ2) is 5.30. The molecule has 1 aromatic carbocycles. The lowest BCUT2D eigenvalue weighted by Crippen LogP contribution is -2.52. The number of carbonyl (C=O) groups excluding carboxylic acids is 1. The molecular weight excluding hydrogens is 296 g/mol. The van der Waals surface area contributed by atoms with Crippen molar-refractivity contribution in [2.45, 2.75) is 44.6 Å². The van der Waals surface area contributed by atoms with Crippen molar-refractivity contribution in [1.29, 1.82) is 0 Å². The smallest absolute Gasteiger partial charge is 0.144 e. The molecule has 6 rings (SSSR count). The van der Waals surface area contributed by atoms with Crippen LogP contribution in [-0.2, 0) is 4.79 Å². The fourth-order valence-corrected chi connectivity index (χ4v) is 6.59. The number of nitrogens with zero attached hydrogens (tertiary/aromatic N) is 2. The van der Waals surface area contributed by atoms with Gasteiger partial charge in [0.15, 0.2) is 0 Å². The molecule has 5 aliphatic rings. The number of benzene rings is 1. The molecule has 0 spiro atoms. The molecule has 4 saturated carbocycles. The normalized spacial score (nSPS) is 39.4. The molecular formula is C21H24N2O. The molecule has 24 heavy (non-hydrogen) atoms. The first-order valence-electron chi connectivity index (χ1n) is 9.31. The second-order valence-corrected chi connectivity index (χ2v) is 8.41. The summed E-state index contributed by atoms with van der Waals surface area (Å²) in [6.07, 6.45) is 14.6. The van der Waals surface area contributed by atoms with E-state index in [0.717, 1.165) is 24.0 Å². The Morgan fingerprint density at radius 1 is 1.04 bits per heavy atom. The predicted octanol–water partition coefficient (Wildman–Crippen LogP) is 4.31. The first-order chi connectivity index (χ1) is 11.8. The molecule has 1 aromatic rings. The van der Waals surface area contributed by atoms with Crippen LogP contribution in [0.4, 0.5) is 0 Å². The highest BCUT2D eigenvalue weighted by Crippen LogP contribution is 2.65. The van der Waals surface area contributed by atoms with Gasteiger partial charge in [-0.2, -0.15) is 5.10 Å². The predicted molar refractivity (Wildman–Crippen MR) is 94.4 cm³/mol. The monoisotopic (exact) mass is 320 g/mol. The van der Waals surface area contributed by atoms with E-state index in [4.69, 9.17) is 5.10 Å². The lowest BCUT2D eigenvalue weighted by molar-refractivity contribution is -0.104. The van der Waals surface area contributed by atoms with Crippen LogP contribution in [0.15, 0.2) is 41.6 Å². The molecule has 3 heteroatoms. The molecule has 4 bridgehead atoms. The molecule has 1 aliphatic heterocycles. The van der Waals surface area contributed by atoms with E-state index in [1.807, 2.05) is 12.4 Å². The fourth-order valence-electron chi connectivity index (χ4n) is 6.59. The molecule has 0 aromatic heterocycles. The van der Waals surface area contributed by atoms with Crippen LogP contribution in [0.3, 0.4) is 0 Å². The Morgan fingerprint density at radius 3 is 2.38 bits per heavy atom. The SMILES string of the molecule is O=CC=CN1N=Cc2ccccc2C1C12CC3CC(CC(C3)C1)C2. The zero-order valence-corrected chi connectivity index (χ0v) is 14.0. The Labute approximate surface area is 143 Å². The van der Waals surface area contributed by atoms with E-state index in [-0.39, 0.29) is 6.04 Å². The standard InChI is InChI=1S/C21H24N2O/c24-7-3-6-23-20(19-5-2-1-4-18(19)14-22-23)21-11-15-8-16(12-21)10-17(9-15)13-21/h1-7,14-17,20H,8-13H2. The summed E-state index contributed by atoms with van der Waals surface area (Å²) in [5.41, 5.74) is 2.97. The van der Waals surface area contributed by atoms with Gasteiger partial charge >= 0.3 is 0 Å². The number of carbonyl (C=O) groups is 1. The summed E-state index contributed by atoms with van der Waals surface area (Å²) in [5.74, 6) is 2.73. The highest BCUT2D eigenvalue weighted by molar-refractivity contribution is 5.83. The summed E-state index contributed by atoms with van der Waals surface area (Å²) >= 11 is 0. The van der Waals surface area contributed by atoms with E-state index in [1.54, 1.807) is 6.08 Å². The first-order valence-corrected chi connectivity index (χ1v) is 9.31. The van der Waals surface area contributed by atoms with E-state index in [1.165, 1.54) is 49.7 Å². The number of allylic oxidation sites excluding steroid dienone is 1. The zero-order valence-electron chi connectivity index (χ0n) is 14.0. The number of aldehydes is 1. The maximum absolute atomic E-state index is 10.9. The van der Waals surface area contributed by atoms with Crippen molar-refractivity contribution in [2.75, 3.05) is 0 Å². The topological polar surface area (TPSA) is 32.7 Å². The van der Waals surface area contributed by atoms with Gasteiger partial charge in [0.2, 0.25) is 0 Å². The minimum Gasteiger partial charge on any atom is -0.299 e. The molecule has 4 aliphatic carbocycles. The average Bonchev–Trinajstić information content (AvgIpc) is 2.58. The van der Waals surface area contributed by atoms with Crippen molar-refractivity contribution >= 4 is 12.5 Å². The van der Waals surface area contributed by atoms with Crippen molar-refractivity contribution in [2.24, 2.45) is 28.3 Å². The second-order valence-electron chi connectivity index (χ2n) is 8.41. The van der Waals surface area contributed by atoms with Gasteiger partial charge in [-0.15, -0.1) is 0 Å². The highest BCUT2D eigenvalue weighted by Gasteiger charge is 2.56. The minimum atomic E-state index is 0.281. The summed E-state index contributed by atoms with van der Waals surface area (Å²) < 4.78 is 0. The third-order valence-electron chi connectivity index (χ3n) is 6.87. The number of fused-ring (bicyclic) bond motifs is 1. The van der Waals surface area contributed by atoms with Crippen molar-refractivity contribution < 1.29 is 4.79 Å². The Bertz CT molecular complexity index is 685. The molecule has 0 amide bonds. The molecule has 4 fully saturated rings. The van der Waals surface area contributed by atoms with Crippen molar-refractivity contribution in [3.8, 4) is 0 Å². The van der Waals surface area contributed by atoms with Gasteiger partial charge in [-0.3, -0.25) is 9.80 Å². The molecule has 1 heterocycles. The van der Waals surface area contributed by atoms with Crippen molar-refractivity contribution in [3.05, 3.63) is 47.7 Å². The Balaban J connectivity index is 1.61. The Hall–Kier alpha value is -1.90. The van der Waals surface area contributed by atoms with Crippen LogP contribution in [0.2, 0.25) is 0 Å². The number of hydrogen-bond donors (Lipinski definition) is 0. The van der Waals surface area contributed by atoms with Crippen LogP contribution in [0.5, 0.6) is 0 Å². The van der Waals surface area contributed by atoms with Crippen LogP contribution in [0.1, 0.15) is 55.7 Å². The molecule has 124 valence electrons. The summed E-state index contributed by atoms with van der Waals surface area (Å²) in [5, 5.41) is 6.78. The highest BCUT2D eigenvalue weighted by atomic mass is 16.1.